The molecule has 1 aromatic rings. The molecule has 0 radical (unpaired) electrons. The van der Waals surface area contributed by atoms with Gasteiger partial charge >= 0.3 is 6.03 Å². The van der Waals surface area contributed by atoms with Crippen molar-refractivity contribution in [3.05, 3.63) is 23.9 Å². The molecule has 136 valence electrons. The van der Waals surface area contributed by atoms with Crippen molar-refractivity contribution in [1.29, 1.82) is 0 Å². The zero-order valence-electron chi connectivity index (χ0n) is 14.7. The minimum atomic E-state index is -0.0784. The van der Waals surface area contributed by atoms with Gasteiger partial charge in [0.1, 0.15) is 5.82 Å². The predicted octanol–water partition coefficient (Wildman–Crippen LogP) is 1.93. The molecule has 0 spiro atoms. The Bertz CT molecular complexity index is 591. The van der Waals surface area contributed by atoms with Crippen LogP contribution in [0.25, 0.3) is 0 Å². The van der Waals surface area contributed by atoms with Gasteiger partial charge in [0.05, 0.1) is 6.10 Å². The summed E-state index contributed by atoms with van der Waals surface area (Å²) in [7, 11) is 0. The molecule has 0 saturated carbocycles. The second-order valence-electron chi connectivity index (χ2n) is 6.79. The van der Waals surface area contributed by atoms with E-state index in [0.29, 0.717) is 38.3 Å². The van der Waals surface area contributed by atoms with Gasteiger partial charge in [0.2, 0.25) is 5.91 Å². The second kappa shape index (κ2) is 8.29. The minimum Gasteiger partial charge on any atom is -0.376 e. The molecule has 3 heterocycles. The molecular formula is C18H26N4O3. The number of hydrogen-bond acceptors (Lipinski definition) is 4. The quantitative estimate of drug-likeness (QED) is 0.872. The lowest BCUT2D eigenvalue weighted by atomic mass is 9.96. The molecule has 3 amide bonds. The largest absolute Gasteiger partial charge is 0.376 e. The number of rotatable bonds is 4. The lowest BCUT2D eigenvalue weighted by molar-refractivity contribution is -0.121. The van der Waals surface area contributed by atoms with Crippen molar-refractivity contribution in [2.24, 2.45) is 5.92 Å². The van der Waals surface area contributed by atoms with Crippen molar-refractivity contribution in [3.63, 3.8) is 0 Å². The fourth-order valence-corrected chi connectivity index (χ4v) is 3.23. The first kappa shape index (κ1) is 17.7. The van der Waals surface area contributed by atoms with Crippen molar-refractivity contribution >= 4 is 17.8 Å². The van der Waals surface area contributed by atoms with Crippen molar-refractivity contribution < 1.29 is 14.3 Å². The monoisotopic (exact) mass is 346 g/mol. The van der Waals surface area contributed by atoms with Gasteiger partial charge < -0.3 is 20.3 Å². The SMILES string of the molecule is Cc1ccc(NC(=O)C2CCN(C(=O)NC[C@H]3CCCO3)CC2)nc1. The van der Waals surface area contributed by atoms with Crippen molar-refractivity contribution in [3.8, 4) is 0 Å². The van der Waals surface area contributed by atoms with Gasteiger partial charge in [-0.15, -0.1) is 0 Å². The molecule has 1 atom stereocenters. The van der Waals surface area contributed by atoms with Crippen LogP contribution in [0.3, 0.4) is 0 Å². The van der Waals surface area contributed by atoms with Crippen molar-refractivity contribution in [2.45, 2.75) is 38.7 Å². The van der Waals surface area contributed by atoms with Crippen LogP contribution in [-0.2, 0) is 9.53 Å². The van der Waals surface area contributed by atoms with Gasteiger partial charge in [-0.2, -0.15) is 0 Å². The lowest BCUT2D eigenvalue weighted by Gasteiger charge is -2.31. The number of aryl methyl sites for hydroxylation is 1. The molecule has 3 rings (SSSR count). The van der Waals surface area contributed by atoms with Crippen LogP contribution in [0.1, 0.15) is 31.2 Å². The third-order valence-corrected chi connectivity index (χ3v) is 4.82. The molecule has 7 heteroatoms. The van der Waals surface area contributed by atoms with Gasteiger partial charge in [0.25, 0.3) is 0 Å². The van der Waals surface area contributed by atoms with Crippen LogP contribution in [0.2, 0.25) is 0 Å². The van der Waals surface area contributed by atoms with Crippen LogP contribution in [0.5, 0.6) is 0 Å². The number of amides is 3. The number of pyridine rings is 1. The molecule has 0 unspecified atom stereocenters. The average Bonchev–Trinajstić information content (AvgIpc) is 3.15. The van der Waals surface area contributed by atoms with E-state index in [1.165, 1.54) is 0 Å². The molecule has 2 N–H and O–H groups in total. The van der Waals surface area contributed by atoms with E-state index in [1.807, 2.05) is 13.0 Å². The lowest BCUT2D eigenvalue weighted by Crippen LogP contribution is -2.47. The van der Waals surface area contributed by atoms with E-state index in [1.54, 1.807) is 17.2 Å². The number of hydrogen-bond donors (Lipinski definition) is 2. The van der Waals surface area contributed by atoms with Gasteiger partial charge in [-0.1, -0.05) is 6.07 Å². The normalized spacial score (nSPS) is 21.2. The number of piperidine rings is 1. The van der Waals surface area contributed by atoms with Crippen molar-refractivity contribution in [2.75, 3.05) is 31.6 Å². The van der Waals surface area contributed by atoms with Gasteiger partial charge in [0.15, 0.2) is 0 Å². The fraction of sp³-hybridized carbons (Fsp3) is 0.611. The molecular weight excluding hydrogens is 320 g/mol. The number of nitrogens with zero attached hydrogens (tertiary/aromatic N) is 2. The highest BCUT2D eigenvalue weighted by molar-refractivity contribution is 5.91. The van der Waals surface area contributed by atoms with Crippen LogP contribution in [0, 0.1) is 12.8 Å². The number of urea groups is 1. The van der Waals surface area contributed by atoms with Crippen molar-refractivity contribution in [1.82, 2.24) is 15.2 Å². The third-order valence-electron chi connectivity index (χ3n) is 4.82. The summed E-state index contributed by atoms with van der Waals surface area (Å²) >= 11 is 0. The van der Waals surface area contributed by atoms with Crippen LogP contribution < -0.4 is 10.6 Å². The highest BCUT2D eigenvalue weighted by atomic mass is 16.5. The average molecular weight is 346 g/mol. The number of nitrogens with one attached hydrogen (secondary N) is 2. The molecule has 2 aliphatic heterocycles. The summed E-state index contributed by atoms with van der Waals surface area (Å²) in [6, 6.07) is 3.67. The Labute approximate surface area is 148 Å². The summed E-state index contributed by atoms with van der Waals surface area (Å²) in [6.07, 6.45) is 5.30. The molecule has 0 bridgehead atoms. The number of anilines is 1. The van der Waals surface area contributed by atoms with Crippen LogP contribution in [0.15, 0.2) is 18.3 Å². The van der Waals surface area contributed by atoms with E-state index in [4.69, 9.17) is 4.74 Å². The molecule has 2 aliphatic rings. The van der Waals surface area contributed by atoms with Gasteiger partial charge in [-0.3, -0.25) is 4.79 Å². The summed E-state index contributed by atoms with van der Waals surface area (Å²) in [6.45, 7) is 4.50. The Kier molecular flexibility index (Phi) is 5.86. The minimum absolute atomic E-state index is 0.0178. The first-order valence-electron chi connectivity index (χ1n) is 9.00. The first-order valence-corrected chi connectivity index (χ1v) is 9.00. The van der Waals surface area contributed by atoms with E-state index in [-0.39, 0.29) is 24.0 Å². The number of ether oxygens (including phenoxy) is 1. The number of carbonyl (C=O) groups is 2. The summed E-state index contributed by atoms with van der Waals surface area (Å²) in [5.74, 6) is 0.480. The summed E-state index contributed by atoms with van der Waals surface area (Å²) in [4.78, 5) is 30.5. The predicted molar refractivity (Wildman–Crippen MR) is 94.3 cm³/mol. The van der Waals surface area contributed by atoms with Crippen LogP contribution in [0.4, 0.5) is 10.6 Å². The molecule has 7 nitrogen and oxygen atoms in total. The fourth-order valence-electron chi connectivity index (χ4n) is 3.23. The number of aromatic nitrogens is 1. The smallest absolute Gasteiger partial charge is 0.317 e. The first-order chi connectivity index (χ1) is 12.1. The Morgan fingerprint density at radius 2 is 2.08 bits per heavy atom. The highest BCUT2D eigenvalue weighted by Gasteiger charge is 2.28. The molecule has 2 fully saturated rings. The molecule has 0 aromatic carbocycles. The maximum Gasteiger partial charge on any atom is 0.317 e. The Morgan fingerprint density at radius 3 is 2.72 bits per heavy atom. The van der Waals surface area contributed by atoms with Crippen LogP contribution >= 0.6 is 0 Å². The Balaban J connectivity index is 1.40. The zero-order valence-corrected chi connectivity index (χ0v) is 14.7. The molecule has 1 aromatic heterocycles. The molecule has 2 saturated heterocycles. The number of likely N-dealkylation sites (tertiary alicyclic amines) is 1. The standard InChI is InChI=1S/C18H26N4O3/c1-13-4-5-16(19-11-13)21-17(23)14-6-8-22(9-7-14)18(24)20-12-15-3-2-10-25-15/h4-5,11,14-15H,2-3,6-10,12H2,1H3,(H,20,24)(H,19,21,23)/t15-/m1/s1. The maximum atomic E-state index is 12.3. The Morgan fingerprint density at radius 1 is 1.28 bits per heavy atom. The van der Waals surface area contributed by atoms with Gasteiger partial charge in [-0.25, -0.2) is 9.78 Å². The zero-order chi connectivity index (χ0) is 17.6. The van der Waals surface area contributed by atoms with E-state index < -0.39 is 0 Å². The highest BCUT2D eigenvalue weighted by Crippen LogP contribution is 2.19. The Hall–Kier alpha value is -2.15. The topological polar surface area (TPSA) is 83.6 Å². The van der Waals surface area contributed by atoms with E-state index in [0.717, 1.165) is 25.0 Å². The van der Waals surface area contributed by atoms with E-state index >= 15 is 0 Å². The summed E-state index contributed by atoms with van der Waals surface area (Å²) in [5.41, 5.74) is 1.06. The molecule has 0 aliphatic carbocycles. The maximum absolute atomic E-state index is 12.3. The van der Waals surface area contributed by atoms with E-state index in [9.17, 15) is 9.59 Å². The summed E-state index contributed by atoms with van der Waals surface area (Å²) in [5, 5.41) is 5.79. The van der Waals surface area contributed by atoms with E-state index in [2.05, 4.69) is 15.6 Å². The van der Waals surface area contributed by atoms with Gasteiger partial charge in [-0.05, 0) is 44.2 Å². The van der Waals surface area contributed by atoms with Gasteiger partial charge in [0, 0.05) is 38.4 Å². The van der Waals surface area contributed by atoms with Crippen LogP contribution in [-0.4, -0.2) is 54.2 Å². The molecule has 25 heavy (non-hydrogen) atoms. The summed E-state index contributed by atoms with van der Waals surface area (Å²) < 4.78 is 5.51. The number of carbonyl (C=O) groups excluding carboxylic acids is 2. The third kappa shape index (κ3) is 4.92. The second-order valence-corrected chi connectivity index (χ2v) is 6.79.